The molecule has 0 fully saturated rings. The van der Waals surface area contributed by atoms with Gasteiger partial charge in [-0.2, -0.15) is 0 Å². The van der Waals surface area contributed by atoms with Gasteiger partial charge in [-0.25, -0.2) is 0 Å². The highest BCUT2D eigenvalue weighted by Gasteiger charge is 2.19. The van der Waals surface area contributed by atoms with E-state index in [9.17, 15) is 9.59 Å². The molecule has 17 heavy (non-hydrogen) atoms. The van der Waals surface area contributed by atoms with Gasteiger partial charge in [-0.1, -0.05) is 12.1 Å². The highest BCUT2D eigenvalue weighted by atomic mass is 127. The van der Waals surface area contributed by atoms with Crippen LogP contribution in [0, 0.1) is 3.57 Å². The second kappa shape index (κ2) is 5.62. The lowest BCUT2D eigenvalue weighted by Crippen LogP contribution is -2.25. The molecule has 92 valence electrons. The third-order valence-electron chi connectivity index (χ3n) is 1.87. The zero-order chi connectivity index (χ0) is 13.1. The molecule has 1 rings (SSSR count). The highest BCUT2D eigenvalue weighted by Crippen LogP contribution is 2.12. The molecule has 0 radical (unpaired) electrons. The quantitative estimate of drug-likeness (QED) is 0.365. The Morgan fingerprint density at radius 1 is 1.29 bits per heavy atom. The summed E-state index contributed by atoms with van der Waals surface area (Å²) >= 11 is 2.13. The van der Waals surface area contributed by atoms with Crippen LogP contribution in [0.1, 0.15) is 37.6 Å². The summed E-state index contributed by atoms with van der Waals surface area (Å²) in [7, 11) is 0. The molecule has 0 atom stereocenters. The second-order valence-corrected chi connectivity index (χ2v) is 5.94. The zero-order valence-electron chi connectivity index (χ0n) is 10.1. The molecule has 0 spiro atoms. The third-order valence-corrected chi connectivity index (χ3v) is 2.54. The summed E-state index contributed by atoms with van der Waals surface area (Å²) < 4.78 is 6.07. The van der Waals surface area contributed by atoms with E-state index in [4.69, 9.17) is 4.74 Å². The Bertz CT molecular complexity index is 433. The standard InChI is InChI=1S/C13H15IO3/c1-13(2,3)17-12(16)8-11(15)9-5-4-6-10(14)7-9/h4-7H,8H2,1-3H3. The smallest absolute Gasteiger partial charge is 0.314 e. The van der Waals surface area contributed by atoms with Gasteiger partial charge in [-0.3, -0.25) is 9.59 Å². The fourth-order valence-corrected chi connectivity index (χ4v) is 1.82. The van der Waals surface area contributed by atoms with E-state index in [-0.39, 0.29) is 12.2 Å². The van der Waals surface area contributed by atoms with Crippen molar-refractivity contribution < 1.29 is 14.3 Å². The van der Waals surface area contributed by atoms with Crippen molar-refractivity contribution in [2.45, 2.75) is 32.8 Å². The molecule has 4 heteroatoms. The average molecular weight is 346 g/mol. The molecule has 0 aliphatic heterocycles. The maximum Gasteiger partial charge on any atom is 0.314 e. The molecule has 3 nitrogen and oxygen atoms in total. The van der Waals surface area contributed by atoms with Crippen LogP contribution in [-0.4, -0.2) is 17.4 Å². The number of esters is 1. The summed E-state index contributed by atoms with van der Waals surface area (Å²) in [6.45, 7) is 5.34. The number of carbonyl (C=O) groups is 2. The molecule has 0 bridgehead atoms. The van der Waals surface area contributed by atoms with Crippen LogP contribution in [0.3, 0.4) is 0 Å². The summed E-state index contributed by atoms with van der Waals surface area (Å²) in [4.78, 5) is 23.3. The largest absolute Gasteiger partial charge is 0.460 e. The number of ketones is 1. The Morgan fingerprint density at radius 3 is 2.47 bits per heavy atom. The molecule has 0 unspecified atom stereocenters. The number of hydrogen-bond donors (Lipinski definition) is 0. The van der Waals surface area contributed by atoms with Crippen LogP contribution in [0.25, 0.3) is 0 Å². The molecule has 0 aliphatic rings. The van der Waals surface area contributed by atoms with Gasteiger partial charge in [0.1, 0.15) is 12.0 Å². The van der Waals surface area contributed by atoms with Gasteiger partial charge >= 0.3 is 5.97 Å². The van der Waals surface area contributed by atoms with Gasteiger partial charge in [-0.05, 0) is 55.5 Å². The van der Waals surface area contributed by atoms with Crippen LogP contribution in [0.5, 0.6) is 0 Å². The van der Waals surface area contributed by atoms with E-state index >= 15 is 0 Å². The average Bonchev–Trinajstić information content (AvgIpc) is 2.14. The monoisotopic (exact) mass is 346 g/mol. The molecule has 0 saturated carbocycles. The lowest BCUT2D eigenvalue weighted by Gasteiger charge is -2.19. The third kappa shape index (κ3) is 5.30. The Labute approximate surface area is 115 Å². The lowest BCUT2D eigenvalue weighted by molar-refractivity contribution is -0.153. The van der Waals surface area contributed by atoms with Gasteiger partial charge in [0, 0.05) is 9.13 Å². The van der Waals surface area contributed by atoms with Crippen LogP contribution in [0.2, 0.25) is 0 Å². The summed E-state index contributed by atoms with van der Waals surface area (Å²) in [5, 5.41) is 0. The SMILES string of the molecule is CC(C)(C)OC(=O)CC(=O)c1cccc(I)c1. The van der Waals surface area contributed by atoms with E-state index in [2.05, 4.69) is 22.6 Å². The van der Waals surface area contributed by atoms with Crippen molar-refractivity contribution in [3.8, 4) is 0 Å². The van der Waals surface area contributed by atoms with E-state index < -0.39 is 11.6 Å². The van der Waals surface area contributed by atoms with Crippen molar-refractivity contribution >= 4 is 34.3 Å². The van der Waals surface area contributed by atoms with Crippen molar-refractivity contribution in [1.82, 2.24) is 0 Å². The van der Waals surface area contributed by atoms with Crippen molar-refractivity contribution in [1.29, 1.82) is 0 Å². The fourth-order valence-electron chi connectivity index (χ4n) is 1.27. The molecule has 0 aromatic heterocycles. The van der Waals surface area contributed by atoms with Gasteiger partial charge in [0.25, 0.3) is 0 Å². The molecule has 0 amide bonds. The summed E-state index contributed by atoms with van der Waals surface area (Å²) in [6, 6.07) is 7.15. The minimum atomic E-state index is -0.553. The number of Topliss-reactive ketones (excluding diaryl/α,β-unsaturated/α-hetero) is 1. The molecule has 0 saturated heterocycles. The van der Waals surface area contributed by atoms with Crippen molar-refractivity contribution in [3.63, 3.8) is 0 Å². The van der Waals surface area contributed by atoms with Gasteiger partial charge < -0.3 is 4.74 Å². The molecule has 1 aromatic rings. The Hall–Kier alpha value is -0.910. The van der Waals surface area contributed by atoms with Gasteiger partial charge in [0.2, 0.25) is 0 Å². The summed E-state index contributed by atoms with van der Waals surface area (Å²) in [5.41, 5.74) is -0.00888. The van der Waals surface area contributed by atoms with Crippen LogP contribution in [0.15, 0.2) is 24.3 Å². The zero-order valence-corrected chi connectivity index (χ0v) is 12.3. The van der Waals surface area contributed by atoms with Crippen molar-refractivity contribution in [2.75, 3.05) is 0 Å². The lowest BCUT2D eigenvalue weighted by atomic mass is 10.1. The Kier molecular flexibility index (Phi) is 4.68. The number of benzene rings is 1. The maximum absolute atomic E-state index is 11.8. The first-order chi connectivity index (χ1) is 7.78. The minimum Gasteiger partial charge on any atom is -0.460 e. The van der Waals surface area contributed by atoms with E-state index in [0.29, 0.717) is 5.56 Å². The first-order valence-electron chi connectivity index (χ1n) is 5.28. The van der Waals surface area contributed by atoms with Crippen LogP contribution in [0.4, 0.5) is 0 Å². The Balaban J connectivity index is 2.64. The van der Waals surface area contributed by atoms with Crippen molar-refractivity contribution in [2.24, 2.45) is 0 Å². The van der Waals surface area contributed by atoms with E-state index in [1.807, 2.05) is 6.07 Å². The van der Waals surface area contributed by atoms with Gasteiger partial charge in [-0.15, -0.1) is 0 Å². The molecular formula is C13H15IO3. The van der Waals surface area contributed by atoms with Crippen LogP contribution in [-0.2, 0) is 9.53 Å². The predicted octanol–water partition coefficient (Wildman–Crippen LogP) is 3.21. The topological polar surface area (TPSA) is 43.4 Å². The van der Waals surface area contributed by atoms with Crippen LogP contribution >= 0.6 is 22.6 Å². The number of carbonyl (C=O) groups excluding carboxylic acids is 2. The first kappa shape index (κ1) is 14.2. The van der Waals surface area contributed by atoms with E-state index in [0.717, 1.165) is 3.57 Å². The van der Waals surface area contributed by atoms with Gasteiger partial charge in [0.15, 0.2) is 5.78 Å². The fraction of sp³-hybridized carbons (Fsp3) is 0.385. The van der Waals surface area contributed by atoms with E-state index in [1.165, 1.54) is 0 Å². The molecule has 0 aliphatic carbocycles. The summed E-state index contributed by atoms with van der Waals surface area (Å²) in [5.74, 6) is -0.695. The normalized spacial score (nSPS) is 11.1. The van der Waals surface area contributed by atoms with E-state index in [1.54, 1.807) is 39.0 Å². The molecule has 1 aromatic carbocycles. The Morgan fingerprint density at radius 2 is 1.94 bits per heavy atom. The van der Waals surface area contributed by atoms with Crippen molar-refractivity contribution in [3.05, 3.63) is 33.4 Å². The minimum absolute atomic E-state index is 0.210. The highest BCUT2D eigenvalue weighted by molar-refractivity contribution is 14.1. The number of rotatable bonds is 3. The molecule has 0 heterocycles. The second-order valence-electron chi connectivity index (χ2n) is 4.70. The maximum atomic E-state index is 11.8. The number of ether oxygens (including phenoxy) is 1. The molecule has 0 N–H and O–H groups in total. The number of halogens is 1. The molecular weight excluding hydrogens is 331 g/mol. The summed E-state index contributed by atoms with van der Waals surface area (Å²) in [6.07, 6.45) is -0.211. The predicted molar refractivity (Wildman–Crippen MR) is 74.0 cm³/mol. The first-order valence-corrected chi connectivity index (χ1v) is 6.36. The number of hydrogen-bond acceptors (Lipinski definition) is 3. The van der Waals surface area contributed by atoms with Gasteiger partial charge in [0.05, 0.1) is 0 Å². The van der Waals surface area contributed by atoms with Crippen LogP contribution < -0.4 is 0 Å².